The van der Waals surface area contributed by atoms with Gasteiger partial charge in [0.05, 0.1) is 11.3 Å². The summed E-state index contributed by atoms with van der Waals surface area (Å²) in [7, 11) is 1.93. The zero-order valence-corrected chi connectivity index (χ0v) is 10.0. The molecule has 0 amide bonds. The molecule has 0 aliphatic rings. The fourth-order valence-electron chi connectivity index (χ4n) is 1.27. The van der Waals surface area contributed by atoms with Gasteiger partial charge in [-0.1, -0.05) is 11.8 Å². The zero-order valence-electron chi connectivity index (χ0n) is 9.20. The molecule has 0 unspecified atom stereocenters. The lowest BCUT2D eigenvalue weighted by Gasteiger charge is -2.01. The summed E-state index contributed by atoms with van der Waals surface area (Å²) < 4.78 is 1.93. The quantitative estimate of drug-likeness (QED) is 0.837. The molecule has 88 valence electrons. The van der Waals surface area contributed by atoms with E-state index in [0.29, 0.717) is 5.75 Å². The second kappa shape index (κ2) is 5.01. The van der Waals surface area contributed by atoms with E-state index < -0.39 is 5.97 Å². The van der Waals surface area contributed by atoms with E-state index in [4.69, 9.17) is 5.11 Å². The van der Waals surface area contributed by atoms with Crippen LogP contribution < -0.4 is 0 Å². The molecule has 1 N–H and O–H groups in total. The van der Waals surface area contributed by atoms with Gasteiger partial charge in [0.2, 0.25) is 0 Å². The first kappa shape index (κ1) is 11.7. The van der Waals surface area contributed by atoms with Gasteiger partial charge in [0.15, 0.2) is 5.16 Å². The van der Waals surface area contributed by atoms with Crippen LogP contribution in [0.1, 0.15) is 16.1 Å². The number of thioether (sulfide) groups is 1. The number of hydrogen-bond acceptors (Lipinski definition) is 4. The summed E-state index contributed by atoms with van der Waals surface area (Å²) in [5, 5.41) is 9.64. The average molecular weight is 249 g/mol. The van der Waals surface area contributed by atoms with Crippen LogP contribution in [0.5, 0.6) is 0 Å². The third-order valence-corrected chi connectivity index (χ3v) is 3.29. The molecule has 0 aromatic carbocycles. The lowest BCUT2D eigenvalue weighted by molar-refractivity contribution is 0.0696. The number of aryl methyl sites for hydroxylation is 1. The van der Waals surface area contributed by atoms with Gasteiger partial charge in [-0.3, -0.25) is 4.98 Å². The van der Waals surface area contributed by atoms with Crippen LogP contribution in [0, 0.1) is 0 Å². The van der Waals surface area contributed by atoms with E-state index in [0.717, 1.165) is 10.9 Å². The third kappa shape index (κ3) is 2.85. The number of pyridine rings is 1. The Kier molecular flexibility index (Phi) is 3.43. The molecule has 0 spiro atoms. The molecule has 17 heavy (non-hydrogen) atoms. The summed E-state index contributed by atoms with van der Waals surface area (Å²) in [5.74, 6) is -0.286. The summed E-state index contributed by atoms with van der Waals surface area (Å²) in [4.78, 5) is 18.9. The molecule has 6 heteroatoms. The maximum atomic E-state index is 10.6. The predicted octanol–water partition coefficient (Wildman–Crippen LogP) is 1.81. The van der Waals surface area contributed by atoms with E-state index in [-0.39, 0.29) is 5.56 Å². The van der Waals surface area contributed by atoms with Crippen LogP contribution >= 0.6 is 11.8 Å². The molecule has 0 saturated heterocycles. The second-order valence-corrected chi connectivity index (χ2v) is 4.40. The van der Waals surface area contributed by atoms with Crippen LogP contribution in [-0.2, 0) is 12.8 Å². The normalized spacial score (nSPS) is 10.4. The van der Waals surface area contributed by atoms with Crippen molar-refractivity contribution in [3.05, 3.63) is 42.0 Å². The summed E-state index contributed by atoms with van der Waals surface area (Å²) in [6.07, 6.45) is 4.99. The minimum Gasteiger partial charge on any atom is -0.478 e. The van der Waals surface area contributed by atoms with Gasteiger partial charge in [-0.15, -0.1) is 0 Å². The van der Waals surface area contributed by atoms with Gasteiger partial charge in [0, 0.05) is 31.4 Å². The molecule has 0 aliphatic carbocycles. The molecule has 5 nitrogen and oxygen atoms in total. The van der Waals surface area contributed by atoms with Gasteiger partial charge >= 0.3 is 5.97 Å². The summed E-state index contributed by atoms with van der Waals surface area (Å²) in [6, 6.07) is 3.28. The Morgan fingerprint density at radius 3 is 2.82 bits per heavy atom. The van der Waals surface area contributed by atoms with Gasteiger partial charge < -0.3 is 9.67 Å². The number of rotatable bonds is 4. The van der Waals surface area contributed by atoms with E-state index in [1.165, 1.54) is 6.20 Å². The van der Waals surface area contributed by atoms with Crippen molar-refractivity contribution in [1.29, 1.82) is 0 Å². The minimum atomic E-state index is -0.958. The highest BCUT2D eigenvalue weighted by Gasteiger charge is 2.05. The average Bonchev–Trinajstić information content (AvgIpc) is 2.73. The number of imidazole rings is 1. The first-order chi connectivity index (χ1) is 8.16. The van der Waals surface area contributed by atoms with Crippen LogP contribution in [0.3, 0.4) is 0 Å². The van der Waals surface area contributed by atoms with Crippen molar-refractivity contribution in [2.24, 2.45) is 7.05 Å². The smallest absolute Gasteiger partial charge is 0.337 e. The van der Waals surface area contributed by atoms with Crippen molar-refractivity contribution in [2.45, 2.75) is 10.9 Å². The highest BCUT2D eigenvalue weighted by atomic mass is 32.2. The van der Waals surface area contributed by atoms with Gasteiger partial charge in [-0.05, 0) is 12.1 Å². The number of hydrogen-bond donors (Lipinski definition) is 1. The predicted molar refractivity (Wildman–Crippen MR) is 64.0 cm³/mol. The molecule has 0 fully saturated rings. The van der Waals surface area contributed by atoms with Crippen LogP contribution in [-0.4, -0.2) is 25.6 Å². The van der Waals surface area contributed by atoms with Crippen LogP contribution in [0.15, 0.2) is 35.9 Å². The number of carboxylic acids is 1. The Morgan fingerprint density at radius 2 is 2.29 bits per heavy atom. The van der Waals surface area contributed by atoms with Crippen molar-refractivity contribution in [3.8, 4) is 0 Å². The Bertz CT molecular complexity index is 522. The van der Waals surface area contributed by atoms with Crippen molar-refractivity contribution in [3.63, 3.8) is 0 Å². The highest BCUT2D eigenvalue weighted by molar-refractivity contribution is 7.98. The first-order valence-electron chi connectivity index (χ1n) is 4.95. The standard InChI is InChI=1S/C11H11N3O2S/c1-14-5-4-12-11(14)17-7-9-3-2-8(6-13-9)10(15)16/h2-6H,7H2,1H3,(H,15,16). The van der Waals surface area contributed by atoms with Crippen LogP contribution in [0.2, 0.25) is 0 Å². The molecule has 2 aromatic rings. The Hall–Kier alpha value is -1.82. The lowest BCUT2D eigenvalue weighted by Crippen LogP contribution is -1.98. The fraction of sp³-hybridized carbons (Fsp3) is 0.182. The summed E-state index contributed by atoms with van der Waals surface area (Å²) in [5.41, 5.74) is 1.04. The van der Waals surface area contributed by atoms with E-state index in [2.05, 4.69) is 9.97 Å². The second-order valence-electron chi connectivity index (χ2n) is 3.45. The molecule has 0 radical (unpaired) electrons. The maximum absolute atomic E-state index is 10.6. The SMILES string of the molecule is Cn1ccnc1SCc1ccc(C(=O)O)cn1. The van der Waals surface area contributed by atoms with Gasteiger partial charge in [-0.25, -0.2) is 9.78 Å². The molecule has 0 bridgehead atoms. The van der Waals surface area contributed by atoms with Crippen molar-refractivity contribution in [2.75, 3.05) is 0 Å². The number of nitrogens with zero attached hydrogens (tertiary/aromatic N) is 3. The minimum absolute atomic E-state index is 0.204. The van der Waals surface area contributed by atoms with Gasteiger partial charge in [0.1, 0.15) is 0 Å². The molecule has 2 aromatic heterocycles. The van der Waals surface area contributed by atoms with Crippen molar-refractivity contribution >= 4 is 17.7 Å². The topological polar surface area (TPSA) is 68.0 Å². The van der Waals surface area contributed by atoms with Gasteiger partial charge in [-0.2, -0.15) is 0 Å². The lowest BCUT2D eigenvalue weighted by atomic mass is 10.2. The first-order valence-corrected chi connectivity index (χ1v) is 5.94. The largest absolute Gasteiger partial charge is 0.478 e. The van der Waals surface area contributed by atoms with E-state index >= 15 is 0 Å². The monoisotopic (exact) mass is 249 g/mol. The molecular weight excluding hydrogens is 238 g/mol. The third-order valence-electron chi connectivity index (χ3n) is 2.20. The number of aromatic nitrogens is 3. The molecule has 0 aliphatic heterocycles. The summed E-state index contributed by atoms with van der Waals surface area (Å²) >= 11 is 1.56. The van der Waals surface area contributed by atoms with Crippen molar-refractivity contribution < 1.29 is 9.90 Å². The fourth-order valence-corrected chi connectivity index (χ4v) is 2.11. The summed E-state index contributed by atoms with van der Waals surface area (Å²) in [6.45, 7) is 0. The van der Waals surface area contributed by atoms with Crippen LogP contribution in [0.25, 0.3) is 0 Å². The highest BCUT2D eigenvalue weighted by Crippen LogP contribution is 2.19. The van der Waals surface area contributed by atoms with E-state index in [9.17, 15) is 4.79 Å². The van der Waals surface area contributed by atoms with Gasteiger partial charge in [0.25, 0.3) is 0 Å². The number of carbonyl (C=O) groups is 1. The van der Waals surface area contributed by atoms with Crippen LogP contribution in [0.4, 0.5) is 0 Å². The zero-order chi connectivity index (χ0) is 12.3. The Morgan fingerprint density at radius 1 is 1.47 bits per heavy atom. The molecule has 2 rings (SSSR count). The molecule has 0 atom stereocenters. The Labute approximate surface area is 103 Å². The van der Waals surface area contributed by atoms with E-state index in [1.54, 1.807) is 30.1 Å². The molecular formula is C11H11N3O2S. The maximum Gasteiger partial charge on any atom is 0.337 e. The number of carboxylic acid groups (broad SMARTS) is 1. The van der Waals surface area contributed by atoms with Crippen molar-refractivity contribution in [1.82, 2.24) is 14.5 Å². The Balaban J connectivity index is 2.00. The number of aromatic carboxylic acids is 1. The molecule has 2 heterocycles. The van der Waals surface area contributed by atoms with E-state index in [1.807, 2.05) is 17.8 Å². The molecule has 0 saturated carbocycles.